The molecule has 22 heavy (non-hydrogen) atoms. The zero-order chi connectivity index (χ0) is 16.2. The molecule has 7 heteroatoms. The number of rotatable bonds is 6. The highest BCUT2D eigenvalue weighted by Crippen LogP contribution is 2.31. The summed E-state index contributed by atoms with van der Waals surface area (Å²) in [5.41, 5.74) is 0. The fraction of sp³-hybridized carbons (Fsp3) is 0.867. The van der Waals surface area contributed by atoms with Crippen molar-refractivity contribution in [2.45, 2.75) is 70.1 Å². The SMILES string of the molecule is CCN(CC)C(=O)CCCC1=NS(=O)(=O)C2CCCCC2O1. The average molecular weight is 330 g/mol. The summed E-state index contributed by atoms with van der Waals surface area (Å²) in [6.07, 6.45) is 4.49. The van der Waals surface area contributed by atoms with Crippen molar-refractivity contribution in [3.8, 4) is 0 Å². The number of carbonyl (C=O) groups excluding carboxylic acids is 1. The van der Waals surface area contributed by atoms with Crippen LogP contribution >= 0.6 is 0 Å². The van der Waals surface area contributed by atoms with Crippen LogP contribution in [-0.2, 0) is 19.6 Å². The van der Waals surface area contributed by atoms with E-state index in [0.29, 0.717) is 38.8 Å². The van der Waals surface area contributed by atoms with Crippen molar-refractivity contribution in [1.29, 1.82) is 0 Å². The van der Waals surface area contributed by atoms with Gasteiger partial charge in [-0.2, -0.15) is 0 Å². The second-order valence-electron chi connectivity index (χ2n) is 5.90. The molecule has 2 aliphatic rings. The molecule has 0 aromatic heterocycles. The van der Waals surface area contributed by atoms with Gasteiger partial charge in [0.2, 0.25) is 5.91 Å². The summed E-state index contributed by atoms with van der Waals surface area (Å²) in [4.78, 5) is 13.7. The summed E-state index contributed by atoms with van der Waals surface area (Å²) in [6.45, 7) is 5.30. The highest BCUT2D eigenvalue weighted by Gasteiger charge is 2.41. The fourth-order valence-electron chi connectivity index (χ4n) is 3.17. The molecule has 1 heterocycles. The van der Waals surface area contributed by atoms with E-state index in [1.807, 2.05) is 13.8 Å². The van der Waals surface area contributed by atoms with Gasteiger partial charge in [-0.3, -0.25) is 4.79 Å². The first-order valence-corrected chi connectivity index (χ1v) is 9.75. The molecule has 0 aromatic carbocycles. The van der Waals surface area contributed by atoms with Crippen LogP contribution < -0.4 is 0 Å². The van der Waals surface area contributed by atoms with Crippen molar-refractivity contribution in [1.82, 2.24) is 4.90 Å². The zero-order valence-corrected chi connectivity index (χ0v) is 14.3. The molecule has 2 atom stereocenters. The van der Waals surface area contributed by atoms with Crippen molar-refractivity contribution < 1.29 is 17.9 Å². The van der Waals surface area contributed by atoms with E-state index in [1.165, 1.54) is 0 Å². The molecule has 2 rings (SSSR count). The minimum atomic E-state index is -3.44. The lowest BCUT2D eigenvalue weighted by molar-refractivity contribution is -0.130. The monoisotopic (exact) mass is 330 g/mol. The van der Waals surface area contributed by atoms with Gasteiger partial charge in [-0.1, -0.05) is 6.42 Å². The van der Waals surface area contributed by atoms with E-state index >= 15 is 0 Å². The van der Waals surface area contributed by atoms with Crippen molar-refractivity contribution in [3.05, 3.63) is 0 Å². The molecule has 0 spiro atoms. The van der Waals surface area contributed by atoms with Crippen LogP contribution in [0.5, 0.6) is 0 Å². The van der Waals surface area contributed by atoms with E-state index in [4.69, 9.17) is 4.74 Å². The third-order valence-corrected chi connectivity index (χ3v) is 6.20. The van der Waals surface area contributed by atoms with E-state index in [9.17, 15) is 13.2 Å². The first-order valence-electron chi connectivity index (χ1n) is 8.25. The van der Waals surface area contributed by atoms with Gasteiger partial charge in [0.25, 0.3) is 10.0 Å². The molecule has 0 aromatic rings. The highest BCUT2D eigenvalue weighted by molar-refractivity contribution is 7.91. The molecule has 1 amide bonds. The molecule has 1 aliphatic carbocycles. The third kappa shape index (κ3) is 4.00. The quantitative estimate of drug-likeness (QED) is 0.747. The van der Waals surface area contributed by atoms with E-state index in [-0.39, 0.29) is 17.9 Å². The van der Waals surface area contributed by atoms with Crippen LogP contribution in [0.25, 0.3) is 0 Å². The second-order valence-corrected chi connectivity index (χ2v) is 7.72. The summed E-state index contributed by atoms with van der Waals surface area (Å²) in [7, 11) is -3.44. The van der Waals surface area contributed by atoms with Gasteiger partial charge in [0.1, 0.15) is 11.4 Å². The van der Waals surface area contributed by atoms with Crippen LogP contribution in [0.1, 0.15) is 58.8 Å². The Morgan fingerprint density at radius 1 is 1.27 bits per heavy atom. The summed E-state index contributed by atoms with van der Waals surface area (Å²) in [5, 5.41) is -0.470. The predicted octanol–water partition coefficient (Wildman–Crippen LogP) is 2.09. The Balaban J connectivity index is 1.90. The number of nitrogens with zero attached hydrogens (tertiary/aromatic N) is 2. The van der Waals surface area contributed by atoms with Crippen LogP contribution in [0.15, 0.2) is 4.40 Å². The Bertz CT molecular complexity index is 526. The lowest BCUT2D eigenvalue weighted by Gasteiger charge is -2.33. The number of carbonyl (C=O) groups is 1. The van der Waals surface area contributed by atoms with Crippen LogP contribution in [-0.4, -0.2) is 49.6 Å². The Morgan fingerprint density at radius 2 is 1.95 bits per heavy atom. The van der Waals surface area contributed by atoms with Crippen LogP contribution in [0.2, 0.25) is 0 Å². The Hall–Kier alpha value is -1.11. The molecule has 126 valence electrons. The molecule has 6 nitrogen and oxygen atoms in total. The number of fused-ring (bicyclic) bond motifs is 1. The van der Waals surface area contributed by atoms with Gasteiger partial charge >= 0.3 is 0 Å². The molecular weight excluding hydrogens is 304 g/mol. The minimum Gasteiger partial charge on any atom is -0.475 e. The maximum absolute atomic E-state index is 12.2. The number of sulfonamides is 1. The lowest BCUT2D eigenvalue weighted by atomic mass is 9.97. The molecule has 1 fully saturated rings. The van der Waals surface area contributed by atoms with Crippen molar-refractivity contribution in [2.75, 3.05) is 13.1 Å². The smallest absolute Gasteiger partial charge is 0.262 e. The van der Waals surface area contributed by atoms with Gasteiger partial charge in [0.05, 0.1) is 0 Å². The maximum atomic E-state index is 12.2. The molecule has 2 unspecified atom stereocenters. The normalized spacial score (nSPS) is 26.5. The largest absolute Gasteiger partial charge is 0.475 e. The van der Waals surface area contributed by atoms with Crippen LogP contribution in [0, 0.1) is 0 Å². The minimum absolute atomic E-state index is 0.0970. The van der Waals surface area contributed by atoms with Gasteiger partial charge in [0, 0.05) is 25.9 Å². The molecular formula is C15H26N2O4S. The summed E-state index contributed by atoms with van der Waals surface area (Å²) in [5.74, 6) is 0.385. The fourth-order valence-corrected chi connectivity index (χ4v) is 4.77. The van der Waals surface area contributed by atoms with Gasteiger partial charge < -0.3 is 9.64 Å². The summed E-state index contributed by atoms with van der Waals surface area (Å²) in [6, 6.07) is 0. The van der Waals surface area contributed by atoms with Crippen LogP contribution in [0.3, 0.4) is 0 Å². The molecule has 0 saturated heterocycles. The van der Waals surface area contributed by atoms with Gasteiger partial charge in [-0.25, -0.2) is 8.42 Å². The topological polar surface area (TPSA) is 76.0 Å². The van der Waals surface area contributed by atoms with Crippen LogP contribution in [0.4, 0.5) is 0 Å². The average Bonchev–Trinajstić information content (AvgIpc) is 2.48. The first kappa shape index (κ1) is 17.2. The van der Waals surface area contributed by atoms with E-state index in [2.05, 4.69) is 4.40 Å². The molecule has 1 aliphatic heterocycles. The molecule has 0 radical (unpaired) electrons. The van der Waals surface area contributed by atoms with Gasteiger partial charge in [-0.05, 0) is 39.5 Å². The number of hydrogen-bond acceptors (Lipinski definition) is 4. The standard InChI is InChI=1S/C15H26N2O4S/c1-3-17(4-2)15(18)11-7-10-14-16-22(19,20)13-9-6-5-8-12(13)21-14/h12-13H,3-11H2,1-2H3. The zero-order valence-electron chi connectivity index (χ0n) is 13.5. The number of hydrogen-bond donors (Lipinski definition) is 0. The predicted molar refractivity (Wildman–Crippen MR) is 85.3 cm³/mol. The molecule has 0 bridgehead atoms. The molecule has 1 saturated carbocycles. The summed E-state index contributed by atoms with van der Waals surface area (Å²) < 4.78 is 34.0. The third-order valence-electron chi connectivity index (χ3n) is 4.44. The van der Waals surface area contributed by atoms with E-state index in [0.717, 1.165) is 19.3 Å². The van der Waals surface area contributed by atoms with E-state index < -0.39 is 15.3 Å². The second kappa shape index (κ2) is 7.44. The van der Waals surface area contributed by atoms with E-state index in [1.54, 1.807) is 4.90 Å². The Morgan fingerprint density at radius 3 is 2.64 bits per heavy atom. The van der Waals surface area contributed by atoms with Crippen molar-refractivity contribution in [3.63, 3.8) is 0 Å². The Kier molecular flexibility index (Phi) is 5.83. The van der Waals surface area contributed by atoms with Gasteiger partial charge in [0.15, 0.2) is 5.90 Å². The summed E-state index contributed by atoms with van der Waals surface area (Å²) >= 11 is 0. The number of amides is 1. The molecule has 0 N–H and O–H groups in total. The highest BCUT2D eigenvalue weighted by atomic mass is 32.2. The van der Waals surface area contributed by atoms with Gasteiger partial charge in [-0.15, -0.1) is 4.40 Å². The Labute approximate surface area is 133 Å². The number of ether oxygens (including phenoxy) is 1. The maximum Gasteiger partial charge on any atom is 0.262 e. The first-order chi connectivity index (χ1) is 10.5. The van der Waals surface area contributed by atoms with Crippen molar-refractivity contribution in [2.24, 2.45) is 4.40 Å². The lowest BCUT2D eigenvalue weighted by Crippen LogP contribution is -2.43. The van der Waals surface area contributed by atoms with Crippen molar-refractivity contribution >= 4 is 21.8 Å².